The highest BCUT2D eigenvalue weighted by atomic mass is 16.1. The van der Waals surface area contributed by atoms with Crippen molar-refractivity contribution in [3.63, 3.8) is 0 Å². The van der Waals surface area contributed by atoms with E-state index in [4.69, 9.17) is 5.73 Å². The van der Waals surface area contributed by atoms with Gasteiger partial charge in [-0.1, -0.05) is 6.92 Å². The van der Waals surface area contributed by atoms with Crippen molar-refractivity contribution in [2.24, 2.45) is 16.6 Å². The first-order valence-corrected chi connectivity index (χ1v) is 3.82. The van der Waals surface area contributed by atoms with Crippen molar-refractivity contribution in [3.8, 4) is 0 Å². The SMILES string of the molecule is CC12CC(CC(N)=O)(C1)C2. The van der Waals surface area contributed by atoms with Crippen LogP contribution in [0.5, 0.6) is 0 Å². The molecule has 0 saturated heterocycles. The van der Waals surface area contributed by atoms with Gasteiger partial charge in [-0.2, -0.15) is 0 Å². The van der Waals surface area contributed by atoms with E-state index in [0.29, 0.717) is 17.3 Å². The van der Waals surface area contributed by atoms with Gasteiger partial charge in [-0.3, -0.25) is 4.79 Å². The van der Waals surface area contributed by atoms with E-state index in [0.717, 1.165) is 0 Å². The highest BCUT2D eigenvalue weighted by molar-refractivity contribution is 5.75. The van der Waals surface area contributed by atoms with Crippen LogP contribution >= 0.6 is 0 Å². The predicted octanol–water partition coefficient (Wildman–Crippen LogP) is 1.05. The van der Waals surface area contributed by atoms with Crippen molar-refractivity contribution < 1.29 is 4.79 Å². The van der Waals surface area contributed by atoms with Crippen LogP contribution < -0.4 is 5.73 Å². The number of nitrogens with two attached hydrogens (primary N) is 1. The summed E-state index contributed by atoms with van der Waals surface area (Å²) in [5.74, 6) is -0.123. The topological polar surface area (TPSA) is 43.1 Å². The molecule has 0 aliphatic heterocycles. The molecule has 3 aliphatic rings. The second-order valence-electron chi connectivity index (χ2n) is 4.48. The fraction of sp³-hybridized carbons (Fsp3) is 0.875. The summed E-state index contributed by atoms with van der Waals surface area (Å²) in [5.41, 5.74) is 6.10. The Kier molecular flexibility index (Phi) is 0.859. The molecule has 0 unspecified atom stereocenters. The molecule has 0 aromatic rings. The minimum Gasteiger partial charge on any atom is -0.370 e. The third-order valence-electron chi connectivity index (χ3n) is 2.95. The van der Waals surface area contributed by atoms with Crippen molar-refractivity contribution >= 4 is 5.91 Å². The Bertz CT molecular complexity index is 178. The maximum atomic E-state index is 10.6. The maximum absolute atomic E-state index is 10.6. The molecule has 3 rings (SSSR count). The number of amides is 1. The molecular weight excluding hydrogens is 126 g/mol. The summed E-state index contributed by atoms with van der Waals surface area (Å²) in [7, 11) is 0. The average molecular weight is 139 g/mol. The summed E-state index contributed by atoms with van der Waals surface area (Å²) in [6, 6.07) is 0. The molecule has 0 radical (unpaired) electrons. The van der Waals surface area contributed by atoms with Crippen LogP contribution in [-0.2, 0) is 4.79 Å². The molecule has 2 bridgehead atoms. The Morgan fingerprint density at radius 3 is 2.30 bits per heavy atom. The lowest BCUT2D eigenvalue weighted by atomic mass is 9.35. The Morgan fingerprint density at radius 2 is 2.00 bits per heavy atom. The van der Waals surface area contributed by atoms with E-state index in [9.17, 15) is 4.79 Å². The van der Waals surface area contributed by atoms with E-state index in [2.05, 4.69) is 6.92 Å². The van der Waals surface area contributed by atoms with E-state index in [1.165, 1.54) is 19.3 Å². The molecule has 56 valence electrons. The minimum absolute atomic E-state index is 0.123. The molecule has 0 spiro atoms. The van der Waals surface area contributed by atoms with E-state index >= 15 is 0 Å². The summed E-state index contributed by atoms with van der Waals surface area (Å²) in [5, 5.41) is 0. The Balaban J connectivity index is 1.93. The smallest absolute Gasteiger partial charge is 0.217 e. The molecule has 3 saturated carbocycles. The number of hydrogen-bond donors (Lipinski definition) is 1. The molecule has 10 heavy (non-hydrogen) atoms. The summed E-state index contributed by atoms with van der Waals surface area (Å²) < 4.78 is 0. The molecule has 3 aliphatic carbocycles. The third-order valence-corrected chi connectivity index (χ3v) is 2.95. The van der Waals surface area contributed by atoms with Crippen LogP contribution in [0.1, 0.15) is 32.6 Å². The zero-order valence-electron chi connectivity index (χ0n) is 6.31. The fourth-order valence-corrected chi connectivity index (χ4v) is 3.12. The molecule has 2 nitrogen and oxygen atoms in total. The largest absolute Gasteiger partial charge is 0.370 e. The van der Waals surface area contributed by atoms with Crippen LogP contribution in [0.25, 0.3) is 0 Å². The summed E-state index contributed by atoms with van der Waals surface area (Å²) >= 11 is 0. The third kappa shape index (κ3) is 0.619. The van der Waals surface area contributed by atoms with Crippen molar-refractivity contribution in [1.29, 1.82) is 0 Å². The van der Waals surface area contributed by atoms with E-state index in [-0.39, 0.29) is 5.91 Å². The van der Waals surface area contributed by atoms with Crippen molar-refractivity contribution in [2.45, 2.75) is 32.6 Å². The van der Waals surface area contributed by atoms with Crippen LogP contribution in [-0.4, -0.2) is 5.91 Å². The molecular formula is C8H13NO. The van der Waals surface area contributed by atoms with Gasteiger partial charge < -0.3 is 5.73 Å². The zero-order valence-corrected chi connectivity index (χ0v) is 6.31. The first kappa shape index (κ1) is 6.20. The van der Waals surface area contributed by atoms with Gasteiger partial charge in [0.1, 0.15) is 0 Å². The molecule has 0 aromatic heterocycles. The van der Waals surface area contributed by atoms with E-state index < -0.39 is 0 Å². The van der Waals surface area contributed by atoms with Crippen LogP contribution in [0, 0.1) is 10.8 Å². The zero-order chi connectivity index (χ0) is 7.41. The highest BCUT2D eigenvalue weighted by Gasteiger charge is 2.64. The molecule has 2 N–H and O–H groups in total. The molecule has 0 aromatic carbocycles. The second-order valence-corrected chi connectivity index (χ2v) is 4.48. The van der Waals surface area contributed by atoms with Crippen molar-refractivity contribution in [1.82, 2.24) is 0 Å². The lowest BCUT2D eigenvalue weighted by molar-refractivity contribution is -0.195. The normalized spacial score (nSPS) is 49.3. The number of hydrogen-bond acceptors (Lipinski definition) is 1. The number of carbonyl (C=O) groups excluding carboxylic acids is 1. The Morgan fingerprint density at radius 1 is 1.50 bits per heavy atom. The number of rotatable bonds is 2. The minimum atomic E-state index is -0.123. The van der Waals surface area contributed by atoms with Crippen LogP contribution in [0.4, 0.5) is 0 Å². The quantitative estimate of drug-likeness (QED) is 0.610. The second kappa shape index (κ2) is 1.39. The lowest BCUT2D eigenvalue weighted by Crippen LogP contribution is -2.60. The molecule has 1 amide bonds. The van der Waals surface area contributed by atoms with Gasteiger partial charge >= 0.3 is 0 Å². The number of primary amides is 1. The van der Waals surface area contributed by atoms with Gasteiger partial charge in [0.2, 0.25) is 5.91 Å². The first-order valence-electron chi connectivity index (χ1n) is 3.82. The van der Waals surface area contributed by atoms with Gasteiger partial charge in [-0.25, -0.2) is 0 Å². The van der Waals surface area contributed by atoms with Crippen LogP contribution in [0.3, 0.4) is 0 Å². The van der Waals surface area contributed by atoms with Crippen molar-refractivity contribution in [3.05, 3.63) is 0 Å². The number of carbonyl (C=O) groups is 1. The standard InChI is InChI=1S/C8H13NO/c1-7-3-8(4-7,5-7)2-6(9)10/h2-5H2,1H3,(H2,9,10). The van der Waals surface area contributed by atoms with Gasteiger partial charge in [-0.15, -0.1) is 0 Å². The fourth-order valence-electron chi connectivity index (χ4n) is 3.12. The summed E-state index contributed by atoms with van der Waals surface area (Å²) in [6.45, 7) is 2.29. The van der Waals surface area contributed by atoms with Gasteiger partial charge in [0.25, 0.3) is 0 Å². The molecule has 0 atom stereocenters. The summed E-state index contributed by atoms with van der Waals surface area (Å²) in [6.07, 6.45) is 4.34. The van der Waals surface area contributed by atoms with Gasteiger partial charge in [-0.05, 0) is 30.1 Å². The van der Waals surface area contributed by atoms with Crippen molar-refractivity contribution in [2.75, 3.05) is 0 Å². The van der Waals surface area contributed by atoms with Crippen LogP contribution in [0.2, 0.25) is 0 Å². The summed E-state index contributed by atoms with van der Waals surface area (Å²) in [4.78, 5) is 10.6. The van der Waals surface area contributed by atoms with Crippen LogP contribution in [0.15, 0.2) is 0 Å². The Hall–Kier alpha value is -0.530. The van der Waals surface area contributed by atoms with E-state index in [1.807, 2.05) is 0 Å². The monoisotopic (exact) mass is 139 g/mol. The molecule has 2 heteroatoms. The van der Waals surface area contributed by atoms with E-state index in [1.54, 1.807) is 0 Å². The average Bonchev–Trinajstić information content (AvgIpc) is 1.56. The first-order chi connectivity index (χ1) is 4.54. The predicted molar refractivity (Wildman–Crippen MR) is 38.2 cm³/mol. The van der Waals surface area contributed by atoms with Gasteiger partial charge in [0.05, 0.1) is 0 Å². The van der Waals surface area contributed by atoms with Gasteiger partial charge in [0, 0.05) is 6.42 Å². The Labute approximate surface area is 60.8 Å². The molecule has 3 fully saturated rings. The maximum Gasteiger partial charge on any atom is 0.217 e. The van der Waals surface area contributed by atoms with Gasteiger partial charge in [0.15, 0.2) is 0 Å². The lowest BCUT2D eigenvalue weighted by Gasteiger charge is -2.69. The highest BCUT2D eigenvalue weighted by Crippen LogP contribution is 2.74. The molecule has 0 heterocycles.